The molecule has 1 heterocycles. The van der Waals surface area contributed by atoms with Crippen molar-refractivity contribution in [2.75, 3.05) is 0 Å². The lowest BCUT2D eigenvalue weighted by Gasteiger charge is -2.12. The number of ketones is 1. The predicted octanol–water partition coefficient (Wildman–Crippen LogP) is 2.14. The number of hydrogen-bond donors (Lipinski definition) is 0. The summed E-state index contributed by atoms with van der Waals surface area (Å²) in [7, 11) is 0. The Labute approximate surface area is 128 Å². The van der Waals surface area contributed by atoms with Crippen LogP contribution in [0.4, 0.5) is 0 Å². The van der Waals surface area contributed by atoms with Gasteiger partial charge in [-0.2, -0.15) is 0 Å². The van der Waals surface area contributed by atoms with Gasteiger partial charge in [0.25, 0.3) is 11.8 Å². The summed E-state index contributed by atoms with van der Waals surface area (Å²) in [6.07, 6.45) is 0.532. The van der Waals surface area contributed by atoms with E-state index in [0.717, 1.165) is 0 Å². The largest absolute Gasteiger partial charge is 0.363 e. The van der Waals surface area contributed by atoms with E-state index >= 15 is 0 Å². The average molecular weight is 303 g/mol. The molecule has 0 atom stereocenters. The van der Waals surface area contributed by atoms with Crippen LogP contribution in [0.1, 0.15) is 53.8 Å². The van der Waals surface area contributed by atoms with Crippen LogP contribution in [-0.4, -0.2) is 28.6 Å². The van der Waals surface area contributed by atoms with Gasteiger partial charge in [0.2, 0.25) is 0 Å². The molecule has 116 valence electrons. The van der Waals surface area contributed by atoms with Crippen molar-refractivity contribution >= 4 is 23.6 Å². The predicted molar refractivity (Wildman–Crippen MR) is 76.7 cm³/mol. The summed E-state index contributed by atoms with van der Waals surface area (Å²) in [4.78, 5) is 51.3. The number of amides is 2. The highest BCUT2D eigenvalue weighted by atomic mass is 16.7. The van der Waals surface area contributed by atoms with Crippen LogP contribution in [0, 0.1) is 5.92 Å². The van der Waals surface area contributed by atoms with Crippen LogP contribution in [0.25, 0.3) is 0 Å². The molecule has 0 aromatic heterocycles. The molecule has 1 aliphatic rings. The molecule has 1 aliphatic heterocycles. The topological polar surface area (TPSA) is 80.8 Å². The summed E-state index contributed by atoms with van der Waals surface area (Å²) < 4.78 is 0. The Balaban J connectivity index is 2.04. The molecular formula is C16H17NO5. The monoisotopic (exact) mass is 303 g/mol. The Bertz CT molecular complexity index is 602. The van der Waals surface area contributed by atoms with E-state index in [4.69, 9.17) is 4.84 Å². The van der Waals surface area contributed by atoms with Crippen LogP contribution in [0.15, 0.2) is 24.3 Å². The third-order valence-electron chi connectivity index (χ3n) is 3.22. The van der Waals surface area contributed by atoms with Crippen LogP contribution in [0.5, 0.6) is 0 Å². The van der Waals surface area contributed by atoms with Crippen molar-refractivity contribution in [1.82, 2.24) is 5.06 Å². The number of nitrogens with zero attached hydrogens (tertiary/aromatic N) is 1. The number of carbonyl (C=O) groups excluding carboxylic acids is 4. The molecule has 1 saturated heterocycles. The fraction of sp³-hybridized carbons (Fsp3) is 0.375. The highest BCUT2D eigenvalue weighted by molar-refractivity contribution is 6.03. The SMILES string of the molecule is CC(C)CC(=O)c1ccc(C(=O)ON2C(=O)CCC2=O)cc1. The highest BCUT2D eigenvalue weighted by Crippen LogP contribution is 2.15. The third kappa shape index (κ3) is 3.58. The van der Waals surface area contributed by atoms with Crippen LogP contribution < -0.4 is 0 Å². The molecule has 1 aromatic carbocycles. The van der Waals surface area contributed by atoms with E-state index < -0.39 is 17.8 Å². The first-order valence-corrected chi connectivity index (χ1v) is 7.10. The fourth-order valence-electron chi connectivity index (χ4n) is 2.07. The fourth-order valence-corrected chi connectivity index (χ4v) is 2.07. The second-order valence-corrected chi connectivity index (χ2v) is 5.56. The van der Waals surface area contributed by atoms with Gasteiger partial charge in [-0.25, -0.2) is 4.79 Å². The van der Waals surface area contributed by atoms with Gasteiger partial charge in [-0.05, 0) is 18.1 Å². The average Bonchev–Trinajstić information content (AvgIpc) is 2.78. The Morgan fingerprint density at radius 3 is 2.05 bits per heavy atom. The summed E-state index contributed by atoms with van der Waals surface area (Å²) >= 11 is 0. The Morgan fingerprint density at radius 2 is 1.55 bits per heavy atom. The quantitative estimate of drug-likeness (QED) is 0.615. The van der Waals surface area contributed by atoms with E-state index in [1.807, 2.05) is 13.8 Å². The minimum Gasteiger partial charge on any atom is -0.325 e. The van der Waals surface area contributed by atoms with Gasteiger partial charge in [-0.15, -0.1) is 5.06 Å². The van der Waals surface area contributed by atoms with Crippen molar-refractivity contribution in [3.8, 4) is 0 Å². The number of hydroxylamine groups is 2. The first-order valence-electron chi connectivity index (χ1n) is 7.10. The molecule has 1 fully saturated rings. The lowest BCUT2D eigenvalue weighted by Crippen LogP contribution is -2.32. The van der Waals surface area contributed by atoms with E-state index in [1.54, 1.807) is 0 Å². The van der Waals surface area contributed by atoms with E-state index in [9.17, 15) is 19.2 Å². The Hall–Kier alpha value is -2.50. The third-order valence-corrected chi connectivity index (χ3v) is 3.22. The van der Waals surface area contributed by atoms with Crippen LogP contribution >= 0.6 is 0 Å². The number of imide groups is 1. The second-order valence-electron chi connectivity index (χ2n) is 5.56. The zero-order valence-corrected chi connectivity index (χ0v) is 12.5. The molecule has 0 unspecified atom stereocenters. The van der Waals surface area contributed by atoms with Gasteiger partial charge in [0.05, 0.1) is 5.56 Å². The van der Waals surface area contributed by atoms with E-state index in [1.165, 1.54) is 24.3 Å². The smallest absolute Gasteiger partial charge is 0.325 e. The number of hydrogen-bond acceptors (Lipinski definition) is 5. The number of Topliss-reactive ketones (excluding diaryl/α,β-unsaturated/α-hetero) is 1. The molecule has 0 saturated carbocycles. The Kier molecular flexibility index (Phi) is 4.70. The molecule has 0 N–H and O–H groups in total. The van der Waals surface area contributed by atoms with Gasteiger partial charge in [-0.1, -0.05) is 26.0 Å². The summed E-state index contributed by atoms with van der Waals surface area (Å²) in [5.74, 6) is -1.60. The summed E-state index contributed by atoms with van der Waals surface area (Å²) in [6, 6.07) is 5.96. The van der Waals surface area contributed by atoms with Crippen LogP contribution in [-0.2, 0) is 14.4 Å². The van der Waals surface area contributed by atoms with Gasteiger partial charge >= 0.3 is 5.97 Å². The molecule has 0 bridgehead atoms. The molecule has 6 heteroatoms. The molecule has 2 amide bonds. The van der Waals surface area contributed by atoms with Gasteiger partial charge in [-0.3, -0.25) is 14.4 Å². The number of benzene rings is 1. The molecule has 6 nitrogen and oxygen atoms in total. The zero-order valence-electron chi connectivity index (χ0n) is 12.5. The van der Waals surface area contributed by atoms with Crippen molar-refractivity contribution in [2.24, 2.45) is 5.92 Å². The van der Waals surface area contributed by atoms with Gasteiger partial charge in [0.15, 0.2) is 5.78 Å². The molecular weight excluding hydrogens is 286 g/mol. The molecule has 0 radical (unpaired) electrons. The standard InChI is InChI=1S/C16H17NO5/c1-10(2)9-13(18)11-3-5-12(6-4-11)16(21)22-17-14(19)7-8-15(17)20/h3-6,10H,7-9H2,1-2H3. The first kappa shape index (κ1) is 15.9. The van der Waals surface area contributed by atoms with Crippen LogP contribution in [0.3, 0.4) is 0 Å². The van der Waals surface area contributed by atoms with Crippen molar-refractivity contribution < 1.29 is 24.0 Å². The van der Waals surface area contributed by atoms with Gasteiger partial charge in [0.1, 0.15) is 0 Å². The maximum atomic E-state index is 11.9. The molecule has 0 spiro atoms. The van der Waals surface area contributed by atoms with Crippen molar-refractivity contribution in [1.29, 1.82) is 0 Å². The maximum absolute atomic E-state index is 11.9. The lowest BCUT2D eigenvalue weighted by molar-refractivity contribution is -0.172. The maximum Gasteiger partial charge on any atom is 0.363 e. The van der Waals surface area contributed by atoms with E-state index in [0.29, 0.717) is 17.0 Å². The number of rotatable bonds is 5. The Morgan fingerprint density at radius 1 is 1.05 bits per heavy atom. The minimum atomic E-state index is -0.800. The highest BCUT2D eigenvalue weighted by Gasteiger charge is 2.33. The van der Waals surface area contributed by atoms with E-state index in [-0.39, 0.29) is 30.1 Å². The van der Waals surface area contributed by atoms with Gasteiger partial charge < -0.3 is 4.84 Å². The second kappa shape index (κ2) is 6.51. The normalized spacial score (nSPS) is 14.6. The van der Waals surface area contributed by atoms with Crippen LogP contribution in [0.2, 0.25) is 0 Å². The first-order chi connectivity index (χ1) is 10.4. The lowest BCUT2D eigenvalue weighted by atomic mass is 10.0. The zero-order chi connectivity index (χ0) is 16.3. The van der Waals surface area contributed by atoms with Crippen molar-refractivity contribution in [3.63, 3.8) is 0 Å². The van der Waals surface area contributed by atoms with Gasteiger partial charge in [0, 0.05) is 24.8 Å². The van der Waals surface area contributed by atoms with E-state index in [2.05, 4.69) is 0 Å². The summed E-state index contributed by atoms with van der Waals surface area (Å²) in [5, 5.41) is 0.500. The summed E-state index contributed by atoms with van der Waals surface area (Å²) in [5.41, 5.74) is 0.687. The van der Waals surface area contributed by atoms with Crippen molar-refractivity contribution in [3.05, 3.63) is 35.4 Å². The van der Waals surface area contributed by atoms with Crippen molar-refractivity contribution in [2.45, 2.75) is 33.1 Å². The number of carbonyl (C=O) groups is 4. The molecule has 0 aliphatic carbocycles. The molecule has 22 heavy (non-hydrogen) atoms. The molecule has 2 rings (SSSR count). The minimum absolute atomic E-state index is 0.000171. The molecule has 1 aromatic rings. The summed E-state index contributed by atoms with van der Waals surface area (Å²) in [6.45, 7) is 3.90.